The number of fused-ring (bicyclic) bond motifs is 1. The number of benzene rings is 4. The van der Waals surface area contributed by atoms with Gasteiger partial charge in [0.05, 0.1) is 24.4 Å². The van der Waals surface area contributed by atoms with Gasteiger partial charge in [-0.2, -0.15) is 0 Å². The maximum absolute atomic E-state index is 14.0. The first kappa shape index (κ1) is 30.0. The summed E-state index contributed by atoms with van der Waals surface area (Å²) in [5, 5.41) is 5.10. The van der Waals surface area contributed by atoms with Crippen LogP contribution in [0.3, 0.4) is 0 Å². The second kappa shape index (κ2) is 13.2. The average Bonchev–Trinajstić information content (AvgIpc) is 3.12. The molecule has 8 nitrogen and oxygen atoms in total. The maximum atomic E-state index is 14.0. The zero-order valence-corrected chi connectivity index (χ0v) is 23.7. The minimum atomic E-state index is -1.44. The van der Waals surface area contributed by atoms with Crippen molar-refractivity contribution in [1.29, 1.82) is 0 Å². The molecule has 2 N–H and O–H groups in total. The first-order valence-corrected chi connectivity index (χ1v) is 13.9. The third-order valence-corrected chi connectivity index (χ3v) is 6.99. The van der Waals surface area contributed by atoms with E-state index in [0.717, 1.165) is 12.1 Å². The number of hydrogen-bond acceptors (Lipinski definition) is 5. The maximum Gasteiger partial charge on any atom is 0.272 e. The van der Waals surface area contributed by atoms with E-state index in [1.165, 1.54) is 11.8 Å². The number of halogens is 2. The number of ketones is 1. The Morgan fingerprint density at radius 3 is 2.16 bits per heavy atom. The average molecular weight is 595 g/mol. The Labute approximate surface area is 252 Å². The molecule has 1 aliphatic rings. The minimum absolute atomic E-state index is 0.0974. The molecule has 1 heterocycles. The Kier molecular flexibility index (Phi) is 8.99. The van der Waals surface area contributed by atoms with Crippen LogP contribution in [0.5, 0.6) is 0 Å². The highest BCUT2D eigenvalue weighted by molar-refractivity contribution is 6.21. The fourth-order valence-electron chi connectivity index (χ4n) is 4.89. The summed E-state index contributed by atoms with van der Waals surface area (Å²) < 4.78 is 27.1. The molecule has 5 rings (SSSR count). The Morgan fingerprint density at radius 2 is 1.48 bits per heavy atom. The van der Waals surface area contributed by atoms with Crippen LogP contribution >= 0.6 is 0 Å². The summed E-state index contributed by atoms with van der Waals surface area (Å²) in [6.07, 6.45) is -1.80. The molecular formula is C34H28F2N4O4. The van der Waals surface area contributed by atoms with Crippen LogP contribution in [0.25, 0.3) is 0 Å². The lowest BCUT2D eigenvalue weighted by Crippen LogP contribution is -2.53. The highest BCUT2D eigenvalue weighted by atomic mass is 19.1. The molecule has 44 heavy (non-hydrogen) atoms. The number of amides is 3. The number of carbonyl (C=O) groups excluding carboxylic acids is 4. The van der Waals surface area contributed by atoms with E-state index in [9.17, 15) is 28.0 Å². The summed E-state index contributed by atoms with van der Waals surface area (Å²) in [5.74, 6) is -3.98. The molecule has 10 heteroatoms. The molecule has 0 aromatic heterocycles. The number of rotatable bonds is 9. The van der Waals surface area contributed by atoms with Crippen LogP contribution < -0.4 is 15.5 Å². The zero-order valence-electron chi connectivity index (χ0n) is 23.7. The van der Waals surface area contributed by atoms with E-state index in [-0.39, 0.29) is 24.3 Å². The molecule has 3 amide bonds. The second-order valence-electron chi connectivity index (χ2n) is 10.2. The van der Waals surface area contributed by atoms with Crippen LogP contribution in [0, 0.1) is 11.6 Å². The Bertz CT molecular complexity index is 1720. The van der Waals surface area contributed by atoms with E-state index in [1.54, 1.807) is 54.6 Å². The van der Waals surface area contributed by atoms with Crippen LogP contribution in [-0.4, -0.2) is 48.0 Å². The van der Waals surface area contributed by atoms with Gasteiger partial charge in [0.2, 0.25) is 18.0 Å². The molecule has 4 aromatic carbocycles. The zero-order chi connectivity index (χ0) is 31.2. The summed E-state index contributed by atoms with van der Waals surface area (Å²) in [7, 11) is 0. The van der Waals surface area contributed by atoms with Gasteiger partial charge < -0.3 is 15.5 Å². The molecule has 0 radical (unpaired) electrons. The molecule has 222 valence electrons. The van der Waals surface area contributed by atoms with Gasteiger partial charge in [-0.3, -0.25) is 19.2 Å². The molecular weight excluding hydrogens is 566 g/mol. The van der Waals surface area contributed by atoms with Crippen molar-refractivity contribution in [1.82, 2.24) is 10.6 Å². The number of aliphatic imine (C=N–C) groups is 1. The van der Waals surface area contributed by atoms with Gasteiger partial charge in [-0.1, -0.05) is 78.9 Å². The van der Waals surface area contributed by atoms with E-state index in [0.29, 0.717) is 34.2 Å². The second-order valence-corrected chi connectivity index (χ2v) is 10.2. The van der Waals surface area contributed by atoms with Crippen molar-refractivity contribution in [3.05, 3.63) is 137 Å². The molecule has 0 spiro atoms. The molecule has 0 bridgehead atoms. The largest absolute Gasteiger partial charge is 0.344 e. The number of nitrogens with one attached hydrogen (secondary N) is 2. The number of hydrogen-bond donors (Lipinski definition) is 2. The SMILES string of the molecule is C[C@H](NC(=O)Cc1cc(F)cc(F)c1)C(=O)NC1N=C(c2ccccc2)c2ccccc2N(CC(=O)c2ccccc2)C1=O. The Hall–Kier alpha value is -5.51. The van der Waals surface area contributed by atoms with Gasteiger partial charge in [-0.05, 0) is 30.7 Å². The molecule has 2 atom stereocenters. The normalized spacial score (nSPS) is 15.0. The summed E-state index contributed by atoms with van der Waals surface area (Å²) in [6.45, 7) is 1.11. The number of benzodiazepines with no additional fused rings is 1. The predicted octanol–water partition coefficient (Wildman–Crippen LogP) is 4.22. The molecule has 1 aliphatic heterocycles. The minimum Gasteiger partial charge on any atom is -0.344 e. The molecule has 4 aromatic rings. The van der Waals surface area contributed by atoms with E-state index >= 15 is 0 Å². The van der Waals surface area contributed by atoms with Crippen molar-refractivity contribution in [2.75, 3.05) is 11.4 Å². The summed E-state index contributed by atoms with van der Waals surface area (Å²) in [4.78, 5) is 59.1. The van der Waals surface area contributed by atoms with Gasteiger partial charge in [0, 0.05) is 22.8 Å². The lowest BCUT2D eigenvalue weighted by atomic mass is 10.00. The highest BCUT2D eigenvalue weighted by Gasteiger charge is 2.35. The fraction of sp³-hybridized carbons (Fsp3) is 0.147. The van der Waals surface area contributed by atoms with E-state index in [2.05, 4.69) is 15.6 Å². The van der Waals surface area contributed by atoms with Gasteiger partial charge in [0.25, 0.3) is 5.91 Å². The topological polar surface area (TPSA) is 108 Å². The Morgan fingerprint density at radius 1 is 0.864 bits per heavy atom. The van der Waals surface area contributed by atoms with Crippen molar-refractivity contribution in [2.45, 2.75) is 25.6 Å². The molecule has 0 aliphatic carbocycles. The lowest BCUT2D eigenvalue weighted by Gasteiger charge is -2.25. The van der Waals surface area contributed by atoms with E-state index in [1.807, 2.05) is 30.3 Å². The number of para-hydroxylation sites is 1. The first-order valence-electron chi connectivity index (χ1n) is 13.9. The van der Waals surface area contributed by atoms with Crippen molar-refractivity contribution in [3.63, 3.8) is 0 Å². The van der Waals surface area contributed by atoms with Gasteiger partial charge in [0.15, 0.2) is 5.78 Å². The van der Waals surface area contributed by atoms with E-state index in [4.69, 9.17) is 0 Å². The van der Waals surface area contributed by atoms with Crippen LogP contribution in [0.4, 0.5) is 14.5 Å². The van der Waals surface area contributed by atoms with Crippen molar-refractivity contribution < 1.29 is 28.0 Å². The number of anilines is 1. The van der Waals surface area contributed by atoms with Gasteiger partial charge in [-0.25, -0.2) is 13.8 Å². The standard InChI is InChI=1S/C34H28F2N4O4/c1-21(37-30(42)18-22-16-25(35)19-26(36)17-22)33(43)39-32-34(44)40(20-29(41)23-10-4-2-5-11-23)28-15-9-8-14-27(28)31(38-32)24-12-6-3-7-13-24/h2-17,19,21,32H,18,20H2,1H3,(H,37,42)(H,39,43)/t21-,32?/m0/s1. The van der Waals surface area contributed by atoms with Crippen molar-refractivity contribution >= 4 is 34.9 Å². The monoisotopic (exact) mass is 594 g/mol. The van der Waals surface area contributed by atoms with E-state index < -0.39 is 41.6 Å². The summed E-state index contributed by atoms with van der Waals surface area (Å²) >= 11 is 0. The molecule has 0 saturated heterocycles. The highest BCUT2D eigenvalue weighted by Crippen LogP contribution is 2.28. The predicted molar refractivity (Wildman–Crippen MR) is 161 cm³/mol. The summed E-state index contributed by atoms with van der Waals surface area (Å²) in [6, 6.07) is 26.3. The van der Waals surface area contributed by atoms with Gasteiger partial charge >= 0.3 is 0 Å². The van der Waals surface area contributed by atoms with Crippen LogP contribution in [0.15, 0.2) is 108 Å². The Balaban J connectivity index is 1.43. The van der Waals surface area contributed by atoms with Crippen LogP contribution in [0.2, 0.25) is 0 Å². The molecule has 0 fully saturated rings. The van der Waals surface area contributed by atoms with Crippen LogP contribution in [-0.2, 0) is 20.8 Å². The van der Waals surface area contributed by atoms with Gasteiger partial charge in [-0.15, -0.1) is 0 Å². The van der Waals surface area contributed by atoms with Crippen molar-refractivity contribution in [3.8, 4) is 0 Å². The van der Waals surface area contributed by atoms with Crippen LogP contribution in [0.1, 0.15) is 34.0 Å². The first-order chi connectivity index (χ1) is 21.2. The number of carbonyl (C=O) groups is 4. The lowest BCUT2D eigenvalue weighted by molar-refractivity contribution is -0.130. The van der Waals surface area contributed by atoms with Gasteiger partial charge in [0.1, 0.15) is 17.7 Å². The third-order valence-electron chi connectivity index (χ3n) is 6.99. The third kappa shape index (κ3) is 6.92. The number of nitrogens with zero attached hydrogens (tertiary/aromatic N) is 2. The molecule has 0 saturated carbocycles. The smallest absolute Gasteiger partial charge is 0.272 e. The summed E-state index contributed by atoms with van der Waals surface area (Å²) in [5.41, 5.74) is 2.67. The fourth-order valence-corrected chi connectivity index (χ4v) is 4.89. The molecule has 1 unspecified atom stereocenters. The number of Topliss-reactive ketones (excluding diaryl/α,β-unsaturated/α-hetero) is 1. The van der Waals surface area contributed by atoms with Crippen molar-refractivity contribution in [2.24, 2.45) is 4.99 Å². The quantitative estimate of drug-likeness (QED) is 0.283.